The summed E-state index contributed by atoms with van der Waals surface area (Å²) >= 11 is 0. The lowest BCUT2D eigenvalue weighted by Crippen LogP contribution is -2.14. The first-order chi connectivity index (χ1) is 43.9. The van der Waals surface area contributed by atoms with Crippen LogP contribution < -0.4 is 0 Å². The highest BCUT2D eigenvalue weighted by Crippen LogP contribution is 2.57. The van der Waals surface area contributed by atoms with Crippen molar-refractivity contribution in [2.24, 2.45) is 0 Å². The number of nitrogens with zero attached hydrogens (tertiary/aromatic N) is 5. The summed E-state index contributed by atoms with van der Waals surface area (Å²) in [6.07, 6.45) is 0. The third-order valence-electron chi connectivity index (χ3n) is 21.0. The maximum Gasteiger partial charge on any atom is 0.160 e. The van der Waals surface area contributed by atoms with E-state index in [1.807, 2.05) is 0 Å². The van der Waals surface area contributed by atoms with Gasteiger partial charge in [0.05, 0.1) is 44.5 Å². The van der Waals surface area contributed by atoms with Gasteiger partial charge in [0, 0.05) is 82.3 Å². The van der Waals surface area contributed by atoms with Gasteiger partial charge >= 0.3 is 0 Å². The van der Waals surface area contributed by atoms with Gasteiger partial charge in [0.1, 0.15) is 0 Å². The Kier molecular flexibility index (Phi) is 10.3. The van der Waals surface area contributed by atoms with Gasteiger partial charge in [0.2, 0.25) is 0 Å². The zero-order valence-electron chi connectivity index (χ0n) is 51.1. The van der Waals surface area contributed by atoms with Crippen LogP contribution in [0.5, 0.6) is 0 Å². The van der Waals surface area contributed by atoms with Crippen molar-refractivity contribution in [1.29, 1.82) is 0 Å². The number of rotatable bonds is 6. The standard InChI is InChI=1S/C85H61N5/c1-83(2)62-34-13-7-28-56(62)76-65(83)40-43-73-79(76)59-31-10-16-37-70(59)88(73)53-25-19-22-50(46-53)68-49-69(51-23-20-26-54(47-51)89-71-38-17-11-32-60(71)80-74(89)44-41-66-77(80)57-29-8-14-35-63(57)84(66,3)4)87-82(86-68)52-24-21-27-55(48-52)90-72-39-18-12-33-61(72)81-75(90)45-42-67-78(81)58-30-9-15-36-64(58)85(67,5)6/h7-49H,1-6H3. The lowest BCUT2D eigenvalue weighted by Gasteiger charge is -2.21. The van der Waals surface area contributed by atoms with Crippen LogP contribution in [0.1, 0.15) is 74.9 Å². The molecule has 5 nitrogen and oxygen atoms in total. The summed E-state index contributed by atoms with van der Waals surface area (Å²) in [6, 6.07) is 96.9. The van der Waals surface area contributed by atoms with Gasteiger partial charge in [0.25, 0.3) is 0 Å². The molecule has 4 aromatic heterocycles. The number of fused-ring (bicyclic) bond motifs is 21. The number of hydrogen-bond acceptors (Lipinski definition) is 2. The number of hydrogen-bond donors (Lipinski definition) is 0. The Balaban J connectivity index is 0.813. The van der Waals surface area contributed by atoms with Gasteiger partial charge in [-0.05, 0) is 146 Å². The van der Waals surface area contributed by atoms with Gasteiger partial charge in [-0.15, -0.1) is 0 Å². The van der Waals surface area contributed by atoms with E-state index in [4.69, 9.17) is 9.97 Å². The van der Waals surface area contributed by atoms with E-state index in [-0.39, 0.29) is 16.2 Å². The van der Waals surface area contributed by atoms with Crippen molar-refractivity contribution < 1.29 is 0 Å². The molecule has 0 bridgehead atoms. The lowest BCUT2D eigenvalue weighted by atomic mass is 9.82. The summed E-state index contributed by atoms with van der Waals surface area (Å²) in [5.74, 6) is 0.653. The topological polar surface area (TPSA) is 40.6 Å². The van der Waals surface area contributed by atoms with Crippen molar-refractivity contribution in [3.8, 4) is 84.3 Å². The molecule has 4 heterocycles. The molecule has 19 rings (SSSR count). The summed E-state index contributed by atoms with van der Waals surface area (Å²) in [4.78, 5) is 11.3. The molecule has 0 spiro atoms. The molecule has 90 heavy (non-hydrogen) atoms. The predicted octanol–water partition coefficient (Wildman–Crippen LogP) is 21.7. The van der Waals surface area contributed by atoms with Crippen LogP contribution in [0.4, 0.5) is 0 Å². The molecule has 5 heteroatoms. The monoisotopic (exact) mass is 1150 g/mol. The predicted molar refractivity (Wildman–Crippen MR) is 374 cm³/mol. The molecule has 0 saturated carbocycles. The zero-order chi connectivity index (χ0) is 60.1. The van der Waals surface area contributed by atoms with Crippen LogP contribution in [0, 0.1) is 0 Å². The van der Waals surface area contributed by atoms with Gasteiger partial charge < -0.3 is 13.7 Å². The first kappa shape index (κ1) is 51.2. The van der Waals surface area contributed by atoms with Crippen LogP contribution in [-0.4, -0.2) is 23.7 Å². The first-order valence-corrected chi connectivity index (χ1v) is 31.6. The lowest BCUT2D eigenvalue weighted by molar-refractivity contribution is 0.660. The molecule has 16 aromatic rings. The smallest absolute Gasteiger partial charge is 0.160 e. The van der Waals surface area contributed by atoms with Crippen molar-refractivity contribution in [2.45, 2.75) is 57.8 Å². The van der Waals surface area contributed by atoms with Gasteiger partial charge in [-0.25, -0.2) is 9.97 Å². The third-order valence-corrected chi connectivity index (χ3v) is 21.0. The van der Waals surface area contributed by atoms with Crippen LogP contribution >= 0.6 is 0 Å². The van der Waals surface area contributed by atoms with E-state index in [0.717, 1.165) is 50.7 Å². The molecule has 0 atom stereocenters. The second-order valence-electron chi connectivity index (χ2n) is 26.8. The maximum absolute atomic E-state index is 5.65. The van der Waals surface area contributed by atoms with E-state index in [1.54, 1.807) is 0 Å². The summed E-state index contributed by atoms with van der Waals surface area (Å²) < 4.78 is 7.36. The van der Waals surface area contributed by atoms with E-state index < -0.39 is 0 Å². The van der Waals surface area contributed by atoms with Gasteiger partial charge in [-0.3, -0.25) is 0 Å². The summed E-state index contributed by atoms with van der Waals surface area (Å²) in [6.45, 7) is 14.2. The average molecular weight is 1150 g/mol. The van der Waals surface area contributed by atoms with Crippen molar-refractivity contribution in [3.63, 3.8) is 0 Å². The third kappa shape index (κ3) is 6.81. The number of benzene rings is 12. The Morgan fingerprint density at radius 1 is 0.256 bits per heavy atom. The average Bonchev–Trinajstić information content (AvgIpc) is 1.57. The highest BCUT2D eigenvalue weighted by atomic mass is 15.0. The van der Waals surface area contributed by atoms with Gasteiger partial charge in [0.15, 0.2) is 5.82 Å². The number of aromatic nitrogens is 5. The summed E-state index contributed by atoms with van der Waals surface area (Å²) in [7, 11) is 0. The second-order valence-corrected chi connectivity index (χ2v) is 26.8. The molecule has 3 aliphatic carbocycles. The van der Waals surface area contributed by atoms with Crippen LogP contribution in [-0.2, 0) is 16.2 Å². The second kappa shape index (κ2) is 18.1. The fourth-order valence-corrected chi connectivity index (χ4v) is 16.9. The molecule has 12 aromatic carbocycles. The quantitative estimate of drug-likeness (QED) is 0.166. The van der Waals surface area contributed by atoms with Gasteiger partial charge in [-0.1, -0.05) is 224 Å². The Labute approximate surface area is 522 Å². The minimum absolute atomic E-state index is 0.119. The van der Waals surface area contributed by atoms with E-state index in [0.29, 0.717) is 5.82 Å². The van der Waals surface area contributed by atoms with E-state index in [9.17, 15) is 0 Å². The fourth-order valence-electron chi connectivity index (χ4n) is 16.9. The fraction of sp³-hybridized carbons (Fsp3) is 0.106. The van der Waals surface area contributed by atoms with Crippen molar-refractivity contribution in [1.82, 2.24) is 23.7 Å². The Morgan fingerprint density at radius 2 is 0.567 bits per heavy atom. The minimum atomic E-state index is -0.121. The molecule has 0 amide bonds. The molecule has 0 saturated heterocycles. The molecule has 0 radical (unpaired) electrons. The highest BCUT2D eigenvalue weighted by Gasteiger charge is 2.40. The molecular formula is C85H61N5. The Bertz CT molecular complexity index is 5260. The largest absolute Gasteiger partial charge is 0.309 e. The Morgan fingerprint density at radius 3 is 0.933 bits per heavy atom. The summed E-state index contributed by atoms with van der Waals surface area (Å²) in [5.41, 5.74) is 30.7. The summed E-state index contributed by atoms with van der Waals surface area (Å²) in [5, 5.41) is 7.60. The zero-order valence-corrected chi connectivity index (χ0v) is 51.1. The van der Waals surface area contributed by atoms with Crippen LogP contribution in [0.15, 0.2) is 261 Å². The molecule has 0 unspecified atom stereocenters. The molecule has 0 fully saturated rings. The molecule has 0 aliphatic heterocycles. The van der Waals surface area contributed by atoms with Crippen LogP contribution in [0.3, 0.4) is 0 Å². The van der Waals surface area contributed by atoms with Crippen LogP contribution in [0.25, 0.3) is 150 Å². The molecule has 426 valence electrons. The normalized spacial score (nSPS) is 14.6. The van der Waals surface area contributed by atoms with E-state index in [2.05, 4.69) is 316 Å². The maximum atomic E-state index is 5.65. The van der Waals surface area contributed by atoms with Crippen molar-refractivity contribution in [2.75, 3.05) is 0 Å². The van der Waals surface area contributed by atoms with Crippen molar-refractivity contribution in [3.05, 3.63) is 294 Å². The highest BCUT2D eigenvalue weighted by molar-refractivity contribution is 6.20. The van der Waals surface area contributed by atoms with Gasteiger partial charge in [-0.2, -0.15) is 0 Å². The minimum Gasteiger partial charge on any atom is -0.309 e. The molecular weight excluding hydrogens is 1090 g/mol. The molecule has 3 aliphatic rings. The first-order valence-electron chi connectivity index (χ1n) is 31.6. The number of para-hydroxylation sites is 3. The van der Waals surface area contributed by atoms with Crippen LogP contribution in [0.2, 0.25) is 0 Å². The SMILES string of the molecule is CC1(C)c2ccccc2-c2c1ccc1c2c2ccccc2n1-c1cccc(-c2cc(-c3cccc(-n4c5ccccc5c5c6c(ccc54)C(C)(C)c4ccccc4-6)c3)nc(-c3cccc(-n4c5ccccc5c5c6c(ccc54)C(C)(C)c4ccccc4-6)c3)n2)c1. The van der Waals surface area contributed by atoms with E-state index in [1.165, 1.54) is 127 Å². The van der Waals surface area contributed by atoms with Crippen molar-refractivity contribution >= 4 is 65.4 Å². The Hall–Kier alpha value is -10.9. The molecule has 0 N–H and O–H groups in total. The van der Waals surface area contributed by atoms with E-state index >= 15 is 0 Å².